The van der Waals surface area contributed by atoms with Gasteiger partial charge in [0.05, 0.1) is 10.5 Å². The Morgan fingerprint density at radius 1 is 1.31 bits per heavy atom. The third-order valence-electron chi connectivity index (χ3n) is 4.68. The van der Waals surface area contributed by atoms with Crippen LogP contribution < -0.4 is 10.2 Å². The lowest BCUT2D eigenvalue weighted by Crippen LogP contribution is -2.42. The molecule has 0 aliphatic heterocycles. The Balaban J connectivity index is 1.96. The minimum atomic E-state index is -0.759. The molecule has 0 unspecified atom stereocenters. The summed E-state index contributed by atoms with van der Waals surface area (Å²) in [5, 5.41) is 14.1. The zero-order valence-corrected chi connectivity index (χ0v) is 15.4. The van der Waals surface area contributed by atoms with Crippen LogP contribution in [0.5, 0.6) is 0 Å². The Morgan fingerprint density at radius 2 is 2.00 bits per heavy atom. The van der Waals surface area contributed by atoms with Gasteiger partial charge in [0, 0.05) is 26.2 Å². The largest absolute Gasteiger partial charge is 0.452 e. The van der Waals surface area contributed by atoms with Crippen LogP contribution in [0, 0.1) is 16.0 Å². The van der Waals surface area contributed by atoms with Crippen molar-refractivity contribution in [2.24, 2.45) is 5.92 Å². The van der Waals surface area contributed by atoms with E-state index in [4.69, 9.17) is 4.74 Å². The fourth-order valence-electron chi connectivity index (χ4n) is 3.17. The van der Waals surface area contributed by atoms with Gasteiger partial charge in [-0.2, -0.15) is 0 Å². The van der Waals surface area contributed by atoms with Crippen LogP contribution in [0.2, 0.25) is 0 Å². The van der Waals surface area contributed by atoms with E-state index < -0.39 is 17.5 Å². The van der Waals surface area contributed by atoms with E-state index in [0.717, 1.165) is 19.3 Å². The lowest BCUT2D eigenvalue weighted by molar-refractivity contribution is -0.384. The molecule has 142 valence electrons. The number of nitrogens with zero attached hydrogens (tertiary/aromatic N) is 2. The molecule has 0 saturated heterocycles. The summed E-state index contributed by atoms with van der Waals surface area (Å²) in [4.78, 5) is 36.4. The predicted molar refractivity (Wildman–Crippen MR) is 97.3 cm³/mol. The van der Waals surface area contributed by atoms with E-state index in [1.807, 2.05) is 0 Å². The summed E-state index contributed by atoms with van der Waals surface area (Å²) >= 11 is 0. The van der Waals surface area contributed by atoms with Crippen molar-refractivity contribution in [2.75, 3.05) is 25.6 Å². The summed E-state index contributed by atoms with van der Waals surface area (Å²) in [5.74, 6) is -0.702. The average molecular weight is 363 g/mol. The van der Waals surface area contributed by atoms with E-state index in [9.17, 15) is 19.7 Å². The number of hydrogen-bond acceptors (Lipinski definition) is 6. The van der Waals surface area contributed by atoms with Crippen LogP contribution in [0.25, 0.3) is 0 Å². The number of rotatable bonds is 6. The summed E-state index contributed by atoms with van der Waals surface area (Å²) in [5.41, 5.74) is 0.238. The molecule has 8 heteroatoms. The molecule has 1 amide bonds. The molecule has 0 heterocycles. The van der Waals surface area contributed by atoms with Crippen LogP contribution in [0.3, 0.4) is 0 Å². The van der Waals surface area contributed by atoms with Crippen molar-refractivity contribution in [1.29, 1.82) is 0 Å². The first kappa shape index (κ1) is 19.7. The van der Waals surface area contributed by atoms with Crippen LogP contribution in [-0.4, -0.2) is 43.5 Å². The highest BCUT2D eigenvalue weighted by atomic mass is 16.6. The summed E-state index contributed by atoms with van der Waals surface area (Å²) in [7, 11) is 3.36. The standard InChI is InChI=1S/C18H25N3O5/c1-12-6-4-5-7-14(12)19-17(22)11-26-18(23)13-8-9-15(20(2)3)16(10-13)21(24)25/h8-10,12,14H,4-7,11H2,1-3H3,(H,19,22)/t12-,14+/m0/s1. The number of carbonyl (C=O) groups is 2. The molecule has 1 aliphatic rings. The quantitative estimate of drug-likeness (QED) is 0.473. The van der Waals surface area contributed by atoms with Gasteiger partial charge in [0.25, 0.3) is 11.6 Å². The Kier molecular flexibility index (Phi) is 6.54. The lowest BCUT2D eigenvalue weighted by atomic mass is 9.86. The van der Waals surface area contributed by atoms with E-state index in [1.165, 1.54) is 24.6 Å². The van der Waals surface area contributed by atoms with Gasteiger partial charge in [-0.15, -0.1) is 0 Å². The van der Waals surface area contributed by atoms with Gasteiger partial charge in [0.2, 0.25) is 0 Å². The molecular formula is C18H25N3O5. The molecule has 1 aliphatic carbocycles. The minimum Gasteiger partial charge on any atom is -0.452 e. The zero-order chi connectivity index (χ0) is 19.3. The summed E-state index contributed by atoms with van der Waals surface area (Å²) in [6, 6.07) is 4.21. The number of ether oxygens (including phenoxy) is 1. The van der Waals surface area contributed by atoms with Gasteiger partial charge in [-0.05, 0) is 30.9 Å². The van der Waals surface area contributed by atoms with Crippen LogP contribution in [-0.2, 0) is 9.53 Å². The van der Waals surface area contributed by atoms with Gasteiger partial charge in [-0.1, -0.05) is 19.8 Å². The van der Waals surface area contributed by atoms with Crippen LogP contribution in [0.1, 0.15) is 43.0 Å². The number of esters is 1. The van der Waals surface area contributed by atoms with Crippen molar-refractivity contribution in [2.45, 2.75) is 38.6 Å². The topological polar surface area (TPSA) is 102 Å². The first-order valence-corrected chi connectivity index (χ1v) is 8.72. The first-order chi connectivity index (χ1) is 12.3. The number of nitrogens with one attached hydrogen (secondary N) is 1. The number of hydrogen-bond donors (Lipinski definition) is 1. The first-order valence-electron chi connectivity index (χ1n) is 8.72. The van der Waals surface area contributed by atoms with Crippen LogP contribution in [0.15, 0.2) is 18.2 Å². The Labute approximate surface area is 152 Å². The van der Waals surface area contributed by atoms with Crippen molar-refractivity contribution in [1.82, 2.24) is 5.32 Å². The number of benzene rings is 1. The van der Waals surface area contributed by atoms with Crippen molar-refractivity contribution in [3.63, 3.8) is 0 Å². The van der Waals surface area contributed by atoms with E-state index >= 15 is 0 Å². The number of nitro groups is 1. The molecular weight excluding hydrogens is 338 g/mol. The molecule has 1 fully saturated rings. The van der Waals surface area contributed by atoms with E-state index in [-0.39, 0.29) is 23.2 Å². The second kappa shape index (κ2) is 8.64. The van der Waals surface area contributed by atoms with Crippen molar-refractivity contribution in [3.05, 3.63) is 33.9 Å². The number of anilines is 1. The monoisotopic (exact) mass is 363 g/mol. The van der Waals surface area contributed by atoms with Gasteiger partial charge in [-0.3, -0.25) is 14.9 Å². The van der Waals surface area contributed by atoms with Gasteiger partial charge in [0.15, 0.2) is 6.61 Å². The smallest absolute Gasteiger partial charge is 0.338 e. The highest BCUT2D eigenvalue weighted by Gasteiger charge is 2.24. The maximum absolute atomic E-state index is 12.1. The SMILES string of the molecule is C[C@H]1CCCC[C@H]1NC(=O)COC(=O)c1ccc(N(C)C)c([N+](=O)[O-])c1. The van der Waals surface area contributed by atoms with Crippen LogP contribution >= 0.6 is 0 Å². The van der Waals surface area contributed by atoms with Crippen molar-refractivity contribution < 1.29 is 19.2 Å². The molecule has 1 N–H and O–H groups in total. The Morgan fingerprint density at radius 3 is 2.62 bits per heavy atom. The summed E-state index contributed by atoms with van der Waals surface area (Å²) < 4.78 is 5.01. The zero-order valence-electron chi connectivity index (χ0n) is 15.4. The third-order valence-corrected chi connectivity index (χ3v) is 4.68. The van der Waals surface area contributed by atoms with Gasteiger partial charge in [0.1, 0.15) is 5.69 Å². The average Bonchev–Trinajstić information content (AvgIpc) is 2.61. The van der Waals surface area contributed by atoms with Gasteiger partial charge < -0.3 is 15.0 Å². The van der Waals surface area contributed by atoms with Gasteiger partial charge in [-0.25, -0.2) is 4.79 Å². The molecule has 0 radical (unpaired) electrons. The molecule has 26 heavy (non-hydrogen) atoms. The minimum absolute atomic E-state index is 0.0427. The summed E-state index contributed by atoms with van der Waals surface area (Å²) in [6.07, 6.45) is 4.26. The number of carbonyl (C=O) groups excluding carboxylic acids is 2. The highest BCUT2D eigenvalue weighted by Crippen LogP contribution is 2.28. The highest BCUT2D eigenvalue weighted by molar-refractivity contribution is 5.93. The maximum Gasteiger partial charge on any atom is 0.338 e. The molecule has 1 aromatic carbocycles. The van der Waals surface area contributed by atoms with Crippen molar-refractivity contribution >= 4 is 23.3 Å². The second-order valence-electron chi connectivity index (χ2n) is 6.87. The normalized spacial score (nSPS) is 19.5. The summed E-state index contributed by atoms with van der Waals surface area (Å²) in [6.45, 7) is 1.70. The molecule has 2 rings (SSSR count). The molecule has 1 saturated carbocycles. The fourth-order valence-corrected chi connectivity index (χ4v) is 3.17. The van der Waals surface area contributed by atoms with Crippen molar-refractivity contribution in [3.8, 4) is 0 Å². The van der Waals surface area contributed by atoms with E-state index in [1.54, 1.807) is 19.0 Å². The molecule has 8 nitrogen and oxygen atoms in total. The maximum atomic E-state index is 12.1. The Hall–Kier alpha value is -2.64. The lowest BCUT2D eigenvalue weighted by Gasteiger charge is -2.29. The fraction of sp³-hybridized carbons (Fsp3) is 0.556. The number of amides is 1. The molecule has 0 bridgehead atoms. The third kappa shape index (κ3) is 4.93. The molecule has 2 atom stereocenters. The van der Waals surface area contributed by atoms with Gasteiger partial charge >= 0.3 is 5.97 Å². The van der Waals surface area contributed by atoms with E-state index in [2.05, 4.69) is 12.2 Å². The van der Waals surface area contributed by atoms with Crippen LogP contribution in [0.4, 0.5) is 11.4 Å². The molecule has 1 aromatic rings. The van der Waals surface area contributed by atoms with E-state index in [0.29, 0.717) is 11.6 Å². The second-order valence-corrected chi connectivity index (χ2v) is 6.87. The molecule has 0 spiro atoms. The predicted octanol–water partition coefficient (Wildman–Crippen LogP) is 2.51. The Bertz CT molecular complexity index is 689. The number of nitro benzene ring substituents is 1. The molecule has 0 aromatic heterocycles.